The number of hydrogen-bond acceptors (Lipinski definition) is 10. The molecule has 12 heteroatoms. The van der Waals surface area contributed by atoms with Gasteiger partial charge < -0.3 is 15.4 Å². The molecule has 2 aromatic heterocycles. The molecule has 40 heavy (non-hydrogen) atoms. The van der Waals surface area contributed by atoms with Crippen molar-refractivity contribution >= 4 is 17.5 Å². The van der Waals surface area contributed by atoms with Crippen LogP contribution in [0.5, 0.6) is 0 Å². The molecule has 1 atom stereocenters. The van der Waals surface area contributed by atoms with E-state index in [1.165, 1.54) is 5.56 Å². The van der Waals surface area contributed by atoms with E-state index in [-0.39, 0.29) is 17.5 Å². The van der Waals surface area contributed by atoms with Crippen LogP contribution in [0.4, 0.5) is 11.6 Å². The molecule has 1 saturated heterocycles. The van der Waals surface area contributed by atoms with Gasteiger partial charge in [-0.1, -0.05) is 12.1 Å². The van der Waals surface area contributed by atoms with Gasteiger partial charge in [-0.25, -0.2) is 9.97 Å². The summed E-state index contributed by atoms with van der Waals surface area (Å²) in [5.41, 5.74) is 11.4. The Morgan fingerprint density at radius 1 is 1.20 bits per heavy atom. The van der Waals surface area contributed by atoms with Crippen molar-refractivity contribution in [3.8, 4) is 11.3 Å². The first-order chi connectivity index (χ1) is 19.2. The molecule has 6 rings (SSSR count). The van der Waals surface area contributed by atoms with Crippen LogP contribution in [0.2, 0.25) is 0 Å². The first-order valence-corrected chi connectivity index (χ1v) is 13.6. The van der Waals surface area contributed by atoms with Crippen LogP contribution < -0.4 is 21.6 Å². The zero-order valence-corrected chi connectivity index (χ0v) is 23.3. The number of aromatic nitrogens is 4. The predicted molar refractivity (Wildman–Crippen MR) is 150 cm³/mol. The van der Waals surface area contributed by atoms with E-state index in [2.05, 4.69) is 75.5 Å². The van der Waals surface area contributed by atoms with Crippen molar-refractivity contribution in [3.63, 3.8) is 0 Å². The minimum Gasteiger partial charge on any atom is -0.378 e. The largest absolute Gasteiger partial charge is 0.378 e. The minimum absolute atomic E-state index is 0.123. The molecule has 0 saturated carbocycles. The molecule has 0 aliphatic carbocycles. The normalized spacial score (nSPS) is 19.8. The molecule has 5 heterocycles. The number of aryl methyl sites for hydroxylation is 1. The Balaban J connectivity index is 1.26. The van der Waals surface area contributed by atoms with Crippen molar-refractivity contribution in [3.05, 3.63) is 65.9 Å². The Morgan fingerprint density at radius 2 is 2.05 bits per heavy atom. The highest BCUT2D eigenvalue weighted by molar-refractivity contribution is 5.93. The molecule has 12 nitrogen and oxygen atoms in total. The number of hydrazine groups is 2. The zero-order valence-electron chi connectivity index (χ0n) is 23.3. The van der Waals surface area contributed by atoms with Gasteiger partial charge in [0.1, 0.15) is 5.70 Å². The lowest BCUT2D eigenvalue weighted by Gasteiger charge is -2.36. The van der Waals surface area contributed by atoms with E-state index in [0.29, 0.717) is 17.7 Å². The molecule has 0 radical (unpaired) electrons. The van der Waals surface area contributed by atoms with Crippen LogP contribution >= 0.6 is 0 Å². The molecular formula is C28H36N10O2. The first-order valence-electron chi connectivity index (χ1n) is 13.6. The lowest BCUT2D eigenvalue weighted by atomic mass is 9.96. The summed E-state index contributed by atoms with van der Waals surface area (Å²) in [5.74, 6) is 0.371. The number of carbonyl (C=O) groups is 1. The third-order valence-electron chi connectivity index (χ3n) is 7.49. The highest BCUT2D eigenvalue weighted by atomic mass is 16.5. The number of carbonyl (C=O) groups excluding carboxylic acids is 1. The van der Waals surface area contributed by atoms with Crippen molar-refractivity contribution in [2.45, 2.75) is 51.4 Å². The molecule has 0 bridgehead atoms. The molecule has 210 valence electrons. The fraction of sp³-hybridized carbons (Fsp3) is 0.429. The third-order valence-corrected chi connectivity index (χ3v) is 7.49. The van der Waals surface area contributed by atoms with E-state index < -0.39 is 0 Å². The van der Waals surface area contributed by atoms with Crippen LogP contribution in [0.3, 0.4) is 0 Å². The monoisotopic (exact) mass is 544 g/mol. The van der Waals surface area contributed by atoms with E-state index in [1.807, 2.05) is 30.5 Å². The lowest BCUT2D eigenvalue weighted by molar-refractivity contribution is -0.118. The average Bonchev–Trinajstić information content (AvgIpc) is 3.51. The SMILES string of the molecule is Cn1cc(Nc2nccc(-c3ccc4c(c3)CN(C3COC3)CC[C@H]4NC(=O)C3=CN(C(C)(C)C)NN3)n2)cn1. The maximum Gasteiger partial charge on any atom is 0.270 e. The molecule has 0 spiro atoms. The quantitative estimate of drug-likeness (QED) is 0.368. The van der Waals surface area contributed by atoms with Crippen LogP contribution in [0, 0.1) is 0 Å². The van der Waals surface area contributed by atoms with Crippen molar-refractivity contribution < 1.29 is 9.53 Å². The van der Waals surface area contributed by atoms with Crippen LogP contribution in [-0.2, 0) is 23.1 Å². The highest BCUT2D eigenvalue weighted by Gasteiger charge is 2.32. The number of rotatable bonds is 6. The van der Waals surface area contributed by atoms with Gasteiger partial charge in [0, 0.05) is 49.8 Å². The van der Waals surface area contributed by atoms with Crippen molar-refractivity contribution in [2.24, 2.45) is 7.05 Å². The smallest absolute Gasteiger partial charge is 0.270 e. The fourth-order valence-corrected chi connectivity index (χ4v) is 5.11. The van der Waals surface area contributed by atoms with Gasteiger partial charge >= 0.3 is 0 Å². The van der Waals surface area contributed by atoms with E-state index in [1.54, 1.807) is 17.1 Å². The number of benzene rings is 1. The van der Waals surface area contributed by atoms with Gasteiger partial charge in [0.25, 0.3) is 5.91 Å². The Labute approximate surface area is 233 Å². The Bertz CT molecular complexity index is 1420. The second-order valence-corrected chi connectivity index (χ2v) is 11.5. The van der Waals surface area contributed by atoms with Gasteiger partial charge in [0.15, 0.2) is 0 Å². The third kappa shape index (κ3) is 5.51. The summed E-state index contributed by atoms with van der Waals surface area (Å²) in [6, 6.07) is 8.58. The van der Waals surface area contributed by atoms with Crippen LogP contribution in [0.15, 0.2) is 54.8 Å². The zero-order chi connectivity index (χ0) is 27.9. The standard InChI is InChI=1S/C28H36N10O2/c1-28(2,3)38-15-25(34-35-38)26(39)32-24-8-10-37(21-16-40-17-21)13-19-11-18(5-6-22(19)24)23-7-9-29-27(33-23)31-20-12-30-36(4)14-20/h5-7,9,11-12,14-15,21,24,34-35H,8,10,13,16-17H2,1-4H3,(H,32,39)(H,29,31,33)/t24-/m1/s1. The van der Waals surface area contributed by atoms with Crippen molar-refractivity contribution in [1.29, 1.82) is 0 Å². The lowest BCUT2D eigenvalue weighted by Crippen LogP contribution is -2.48. The summed E-state index contributed by atoms with van der Waals surface area (Å²) in [6.45, 7) is 9.37. The fourth-order valence-electron chi connectivity index (χ4n) is 5.11. The molecule has 1 fully saturated rings. The summed E-state index contributed by atoms with van der Waals surface area (Å²) in [7, 11) is 1.87. The second kappa shape index (κ2) is 10.5. The maximum atomic E-state index is 13.3. The van der Waals surface area contributed by atoms with Crippen molar-refractivity contribution in [2.75, 3.05) is 25.1 Å². The summed E-state index contributed by atoms with van der Waals surface area (Å²) >= 11 is 0. The molecule has 3 aliphatic heterocycles. The molecule has 4 N–H and O–H groups in total. The molecule has 3 aromatic rings. The minimum atomic E-state index is -0.167. The Morgan fingerprint density at radius 3 is 2.75 bits per heavy atom. The summed E-state index contributed by atoms with van der Waals surface area (Å²) in [6.07, 6.45) is 8.00. The van der Waals surface area contributed by atoms with E-state index in [9.17, 15) is 4.79 Å². The van der Waals surface area contributed by atoms with Gasteiger partial charge in [-0.15, -0.1) is 5.53 Å². The van der Waals surface area contributed by atoms with E-state index in [4.69, 9.17) is 9.72 Å². The van der Waals surface area contributed by atoms with Crippen LogP contribution in [0.25, 0.3) is 11.3 Å². The number of ether oxygens (including phenoxy) is 1. The molecule has 1 aromatic carbocycles. The first kappa shape index (κ1) is 26.2. The highest BCUT2D eigenvalue weighted by Crippen LogP contribution is 2.32. The summed E-state index contributed by atoms with van der Waals surface area (Å²) < 4.78 is 7.23. The molecular weight excluding hydrogens is 508 g/mol. The predicted octanol–water partition coefficient (Wildman–Crippen LogP) is 2.35. The van der Waals surface area contributed by atoms with Crippen LogP contribution in [0.1, 0.15) is 44.4 Å². The number of anilines is 2. The Hall–Kier alpha value is -4.00. The number of hydrogen-bond donors (Lipinski definition) is 4. The van der Waals surface area contributed by atoms with Gasteiger partial charge in [-0.05, 0) is 50.5 Å². The second-order valence-electron chi connectivity index (χ2n) is 11.5. The number of fused-ring (bicyclic) bond motifs is 1. The van der Waals surface area contributed by atoms with Gasteiger partial charge in [0.2, 0.25) is 5.95 Å². The molecule has 0 unspecified atom stereocenters. The molecule has 1 amide bonds. The topological polar surface area (TPSA) is 125 Å². The van der Waals surface area contributed by atoms with E-state index in [0.717, 1.165) is 55.2 Å². The average molecular weight is 545 g/mol. The van der Waals surface area contributed by atoms with Crippen molar-refractivity contribution in [1.82, 2.24) is 45.9 Å². The number of nitrogens with one attached hydrogen (secondary N) is 4. The Kier molecular flexibility index (Phi) is 6.90. The van der Waals surface area contributed by atoms with Gasteiger partial charge in [-0.2, -0.15) is 5.10 Å². The van der Waals surface area contributed by atoms with Gasteiger partial charge in [0.05, 0.1) is 42.9 Å². The maximum absolute atomic E-state index is 13.3. The van der Waals surface area contributed by atoms with Gasteiger partial charge in [-0.3, -0.25) is 24.8 Å². The van der Waals surface area contributed by atoms with Crippen LogP contribution in [-0.4, -0.2) is 66.9 Å². The summed E-state index contributed by atoms with van der Waals surface area (Å²) in [4.78, 5) is 24.9. The summed E-state index contributed by atoms with van der Waals surface area (Å²) in [5, 5.41) is 12.6. The number of nitrogens with zero attached hydrogens (tertiary/aromatic N) is 6. The number of amides is 1. The van der Waals surface area contributed by atoms with E-state index >= 15 is 0 Å². The molecule has 3 aliphatic rings.